The molecule has 1 fully saturated rings. The molecule has 3 rings (SSSR count). The molecule has 1 saturated heterocycles. The van der Waals surface area contributed by atoms with E-state index >= 15 is 0 Å². The van der Waals surface area contributed by atoms with Crippen molar-refractivity contribution in [3.63, 3.8) is 0 Å². The molecule has 2 amide bonds. The van der Waals surface area contributed by atoms with E-state index in [1.165, 1.54) is 0 Å². The summed E-state index contributed by atoms with van der Waals surface area (Å²) in [5.74, 6) is 0.0648. The first-order valence-electron chi connectivity index (χ1n) is 9.50. The summed E-state index contributed by atoms with van der Waals surface area (Å²) < 4.78 is 0. The van der Waals surface area contributed by atoms with Gasteiger partial charge in [0.1, 0.15) is 6.04 Å². The SMILES string of the molecule is NCc1cccc(C(=O)N2CCCC[C@H]2C(=O)NCC2C=CC(Cl)=CC2)c1. The van der Waals surface area contributed by atoms with Gasteiger partial charge in [0.25, 0.3) is 5.91 Å². The maximum absolute atomic E-state index is 13.0. The summed E-state index contributed by atoms with van der Waals surface area (Å²) in [6, 6.07) is 6.92. The van der Waals surface area contributed by atoms with Crippen LogP contribution in [0.3, 0.4) is 0 Å². The standard InChI is InChI=1S/C21H26ClN3O2/c22-18-9-7-15(8-10-18)14-24-20(26)19-6-1-2-11-25(19)21(27)17-5-3-4-16(12-17)13-23/h3-5,7,9-10,12,15,19H,1-2,6,8,11,13-14,23H2,(H,24,26)/t15?,19-/m0/s1. The number of benzene rings is 1. The van der Waals surface area contributed by atoms with Gasteiger partial charge in [-0.15, -0.1) is 0 Å². The van der Waals surface area contributed by atoms with E-state index in [-0.39, 0.29) is 17.7 Å². The number of halogens is 1. The third-order valence-electron chi connectivity index (χ3n) is 5.16. The zero-order valence-electron chi connectivity index (χ0n) is 15.4. The second kappa shape index (κ2) is 9.20. The van der Waals surface area contributed by atoms with E-state index in [9.17, 15) is 9.59 Å². The lowest BCUT2D eigenvalue weighted by atomic mass is 9.98. The van der Waals surface area contributed by atoms with Crippen molar-refractivity contribution in [2.75, 3.05) is 13.1 Å². The van der Waals surface area contributed by atoms with Crippen molar-refractivity contribution in [1.29, 1.82) is 0 Å². The summed E-state index contributed by atoms with van der Waals surface area (Å²) in [5, 5.41) is 3.76. The lowest BCUT2D eigenvalue weighted by molar-refractivity contribution is -0.126. The predicted octanol–water partition coefficient (Wildman–Crippen LogP) is 2.96. The van der Waals surface area contributed by atoms with Crippen molar-refractivity contribution in [1.82, 2.24) is 10.2 Å². The number of amides is 2. The van der Waals surface area contributed by atoms with Crippen molar-refractivity contribution in [3.05, 3.63) is 58.7 Å². The first-order chi connectivity index (χ1) is 13.1. The summed E-state index contributed by atoms with van der Waals surface area (Å²) in [7, 11) is 0. The van der Waals surface area contributed by atoms with Crippen LogP contribution in [0.2, 0.25) is 0 Å². The Morgan fingerprint density at radius 1 is 1.30 bits per heavy atom. The molecule has 5 nitrogen and oxygen atoms in total. The molecular weight excluding hydrogens is 362 g/mol. The second-order valence-electron chi connectivity index (χ2n) is 7.10. The molecule has 6 heteroatoms. The first kappa shape index (κ1) is 19.6. The Bertz CT molecular complexity index is 760. The van der Waals surface area contributed by atoms with E-state index in [0.29, 0.717) is 31.6 Å². The average molecular weight is 388 g/mol. The Balaban J connectivity index is 1.64. The number of hydrogen-bond donors (Lipinski definition) is 2. The number of piperidine rings is 1. The van der Waals surface area contributed by atoms with Gasteiger partial charge < -0.3 is 16.0 Å². The first-order valence-corrected chi connectivity index (χ1v) is 9.88. The minimum absolute atomic E-state index is 0.0768. The predicted molar refractivity (Wildman–Crippen MR) is 107 cm³/mol. The van der Waals surface area contributed by atoms with Crippen LogP contribution in [0, 0.1) is 5.92 Å². The Labute approximate surface area is 165 Å². The zero-order chi connectivity index (χ0) is 19.2. The highest BCUT2D eigenvalue weighted by atomic mass is 35.5. The van der Waals surface area contributed by atoms with Gasteiger partial charge in [0.05, 0.1) is 0 Å². The van der Waals surface area contributed by atoms with Crippen LogP contribution in [0.5, 0.6) is 0 Å². The van der Waals surface area contributed by atoms with E-state index in [1.807, 2.05) is 36.4 Å². The fourth-order valence-electron chi connectivity index (χ4n) is 3.58. The molecule has 0 aromatic heterocycles. The molecule has 1 aromatic carbocycles. The van der Waals surface area contributed by atoms with Gasteiger partial charge in [-0.1, -0.05) is 35.9 Å². The van der Waals surface area contributed by atoms with Crippen LogP contribution < -0.4 is 11.1 Å². The van der Waals surface area contributed by atoms with Gasteiger partial charge in [-0.3, -0.25) is 9.59 Å². The van der Waals surface area contributed by atoms with Gasteiger partial charge in [-0.2, -0.15) is 0 Å². The molecule has 1 heterocycles. The lowest BCUT2D eigenvalue weighted by Gasteiger charge is -2.35. The number of nitrogens with zero attached hydrogens (tertiary/aromatic N) is 1. The molecule has 144 valence electrons. The summed E-state index contributed by atoms with van der Waals surface area (Å²) in [4.78, 5) is 27.5. The van der Waals surface area contributed by atoms with Crippen LogP contribution in [-0.2, 0) is 11.3 Å². The highest BCUT2D eigenvalue weighted by Crippen LogP contribution is 2.22. The molecule has 0 radical (unpaired) electrons. The molecule has 0 bridgehead atoms. The molecule has 1 aliphatic heterocycles. The fourth-order valence-corrected chi connectivity index (χ4v) is 3.75. The van der Waals surface area contributed by atoms with Crippen molar-refractivity contribution in [3.8, 4) is 0 Å². The third kappa shape index (κ3) is 4.99. The molecule has 1 aromatic rings. The largest absolute Gasteiger partial charge is 0.354 e. The van der Waals surface area contributed by atoms with Gasteiger partial charge in [0.15, 0.2) is 0 Å². The van der Waals surface area contributed by atoms with E-state index in [1.54, 1.807) is 11.0 Å². The molecule has 3 N–H and O–H groups in total. The second-order valence-corrected chi connectivity index (χ2v) is 7.54. The van der Waals surface area contributed by atoms with Crippen molar-refractivity contribution in [2.45, 2.75) is 38.3 Å². The van der Waals surface area contributed by atoms with Gasteiger partial charge in [-0.25, -0.2) is 0 Å². The van der Waals surface area contributed by atoms with Crippen molar-refractivity contribution < 1.29 is 9.59 Å². The molecule has 2 aliphatic rings. The Hall–Kier alpha value is -2.11. The summed E-state index contributed by atoms with van der Waals surface area (Å²) in [6.07, 6.45) is 9.22. The van der Waals surface area contributed by atoms with Gasteiger partial charge in [0, 0.05) is 30.2 Å². The summed E-state index contributed by atoms with van der Waals surface area (Å²) in [6.45, 7) is 1.54. The number of rotatable bonds is 5. The quantitative estimate of drug-likeness (QED) is 0.815. The molecule has 0 saturated carbocycles. The minimum atomic E-state index is -0.417. The molecule has 1 unspecified atom stereocenters. The fraction of sp³-hybridized carbons (Fsp3) is 0.429. The van der Waals surface area contributed by atoms with Crippen LogP contribution in [0.4, 0.5) is 0 Å². The smallest absolute Gasteiger partial charge is 0.254 e. The topological polar surface area (TPSA) is 75.4 Å². The van der Waals surface area contributed by atoms with Crippen LogP contribution in [0.1, 0.15) is 41.6 Å². The van der Waals surface area contributed by atoms with Crippen molar-refractivity contribution in [2.24, 2.45) is 11.7 Å². The molecular formula is C21H26ClN3O2. The number of allylic oxidation sites excluding steroid dienone is 3. The van der Waals surface area contributed by atoms with Gasteiger partial charge in [0.2, 0.25) is 5.91 Å². The third-order valence-corrected chi connectivity index (χ3v) is 5.44. The average Bonchev–Trinajstić information content (AvgIpc) is 2.72. The van der Waals surface area contributed by atoms with Crippen molar-refractivity contribution >= 4 is 23.4 Å². The van der Waals surface area contributed by atoms with E-state index < -0.39 is 6.04 Å². The molecule has 0 spiro atoms. The number of nitrogens with two attached hydrogens (primary N) is 1. The summed E-state index contributed by atoms with van der Waals surface area (Å²) in [5.41, 5.74) is 7.19. The molecule has 27 heavy (non-hydrogen) atoms. The normalized spacial score (nSPS) is 22.3. The van der Waals surface area contributed by atoms with E-state index in [4.69, 9.17) is 17.3 Å². The molecule has 2 atom stereocenters. The highest BCUT2D eigenvalue weighted by molar-refractivity contribution is 6.31. The van der Waals surface area contributed by atoms with Gasteiger partial charge in [-0.05, 0) is 55.4 Å². The lowest BCUT2D eigenvalue weighted by Crippen LogP contribution is -2.52. The Kier molecular flexibility index (Phi) is 6.69. The number of nitrogens with one attached hydrogen (secondary N) is 1. The van der Waals surface area contributed by atoms with Gasteiger partial charge >= 0.3 is 0 Å². The summed E-state index contributed by atoms with van der Waals surface area (Å²) >= 11 is 5.94. The zero-order valence-corrected chi connectivity index (χ0v) is 16.1. The number of likely N-dealkylation sites (tertiary alicyclic amines) is 1. The van der Waals surface area contributed by atoms with E-state index in [0.717, 1.165) is 29.9 Å². The minimum Gasteiger partial charge on any atom is -0.354 e. The van der Waals surface area contributed by atoms with Crippen LogP contribution in [0.15, 0.2) is 47.5 Å². The maximum Gasteiger partial charge on any atom is 0.254 e. The molecule has 1 aliphatic carbocycles. The number of hydrogen-bond acceptors (Lipinski definition) is 3. The maximum atomic E-state index is 13.0. The van der Waals surface area contributed by atoms with Crippen LogP contribution in [0.25, 0.3) is 0 Å². The monoisotopic (exact) mass is 387 g/mol. The highest BCUT2D eigenvalue weighted by Gasteiger charge is 2.32. The number of carbonyl (C=O) groups is 2. The van der Waals surface area contributed by atoms with E-state index in [2.05, 4.69) is 5.32 Å². The van der Waals surface area contributed by atoms with Crippen LogP contribution in [-0.4, -0.2) is 35.8 Å². The Morgan fingerprint density at radius 3 is 2.89 bits per heavy atom. The Morgan fingerprint density at radius 2 is 2.15 bits per heavy atom. The number of carbonyl (C=O) groups excluding carboxylic acids is 2. The van der Waals surface area contributed by atoms with Crippen LogP contribution >= 0.6 is 11.6 Å².